The summed E-state index contributed by atoms with van der Waals surface area (Å²) >= 11 is 3.51. The molecule has 2 heterocycles. The van der Waals surface area contributed by atoms with Crippen molar-refractivity contribution in [2.75, 3.05) is 12.4 Å². The first-order valence-corrected chi connectivity index (χ1v) is 9.37. The molecule has 0 fully saturated rings. The van der Waals surface area contributed by atoms with Gasteiger partial charge >= 0.3 is 0 Å². The zero-order valence-corrected chi connectivity index (χ0v) is 16.6. The molecule has 1 unspecified atom stereocenters. The molecule has 0 aliphatic heterocycles. The topological polar surface area (TPSA) is 52.0 Å². The average Bonchev–Trinajstić information content (AvgIpc) is 3.11. The minimum atomic E-state index is -0.130. The van der Waals surface area contributed by atoms with Crippen molar-refractivity contribution < 1.29 is 4.74 Å². The van der Waals surface area contributed by atoms with E-state index >= 15 is 0 Å². The lowest BCUT2D eigenvalue weighted by atomic mass is 10.0. The van der Waals surface area contributed by atoms with Gasteiger partial charge in [-0.1, -0.05) is 28.1 Å². The van der Waals surface area contributed by atoms with Gasteiger partial charge in [-0.15, -0.1) is 0 Å². The van der Waals surface area contributed by atoms with Gasteiger partial charge in [-0.25, -0.2) is 4.98 Å². The monoisotopic (exact) mass is 422 g/mol. The number of aryl methyl sites for hydroxylation is 1. The van der Waals surface area contributed by atoms with E-state index in [0.29, 0.717) is 0 Å². The fourth-order valence-electron chi connectivity index (χ4n) is 3.18. The lowest BCUT2D eigenvalue weighted by molar-refractivity contribution is 0.414. The van der Waals surface area contributed by atoms with Crippen LogP contribution < -0.4 is 10.1 Å². The highest BCUT2D eigenvalue weighted by atomic mass is 79.9. The van der Waals surface area contributed by atoms with Crippen molar-refractivity contribution in [2.45, 2.75) is 6.04 Å². The van der Waals surface area contributed by atoms with Crippen LogP contribution in [-0.2, 0) is 7.05 Å². The van der Waals surface area contributed by atoms with E-state index in [9.17, 15) is 0 Å². The zero-order valence-electron chi connectivity index (χ0n) is 15.1. The SMILES string of the molecule is COc1cccc(C(Nc2ccnc3cc(Br)ccc23)c2nccn2C)c1. The molecule has 4 rings (SSSR count). The van der Waals surface area contributed by atoms with Crippen molar-refractivity contribution in [1.82, 2.24) is 14.5 Å². The lowest BCUT2D eigenvalue weighted by Crippen LogP contribution is -2.17. The molecule has 5 nitrogen and oxygen atoms in total. The third-order valence-corrected chi connectivity index (χ3v) is 5.04. The van der Waals surface area contributed by atoms with Crippen LogP contribution in [0.5, 0.6) is 5.75 Å². The van der Waals surface area contributed by atoms with E-state index in [1.807, 2.05) is 66.6 Å². The molecule has 1 atom stereocenters. The number of anilines is 1. The van der Waals surface area contributed by atoms with Crippen LogP contribution in [0.1, 0.15) is 17.4 Å². The van der Waals surface area contributed by atoms with Gasteiger partial charge in [0.1, 0.15) is 17.6 Å². The summed E-state index contributed by atoms with van der Waals surface area (Å²) < 4.78 is 8.45. The molecule has 4 aromatic rings. The number of halogens is 1. The van der Waals surface area contributed by atoms with Gasteiger partial charge in [0.05, 0.1) is 12.6 Å². The Balaban J connectivity index is 1.82. The molecule has 0 bridgehead atoms. The zero-order chi connectivity index (χ0) is 18.8. The number of nitrogens with zero attached hydrogens (tertiary/aromatic N) is 3. The molecule has 0 spiro atoms. The number of hydrogen-bond donors (Lipinski definition) is 1. The number of rotatable bonds is 5. The first-order valence-electron chi connectivity index (χ1n) is 8.57. The number of hydrogen-bond acceptors (Lipinski definition) is 4. The van der Waals surface area contributed by atoms with Crippen LogP contribution in [0.3, 0.4) is 0 Å². The third-order valence-electron chi connectivity index (χ3n) is 4.55. The highest BCUT2D eigenvalue weighted by Gasteiger charge is 2.20. The molecule has 27 heavy (non-hydrogen) atoms. The van der Waals surface area contributed by atoms with Crippen molar-refractivity contribution in [3.63, 3.8) is 0 Å². The second-order valence-electron chi connectivity index (χ2n) is 6.27. The van der Waals surface area contributed by atoms with Crippen LogP contribution in [0.15, 0.2) is 71.6 Å². The molecular weight excluding hydrogens is 404 g/mol. The summed E-state index contributed by atoms with van der Waals surface area (Å²) in [7, 11) is 3.68. The van der Waals surface area contributed by atoms with E-state index in [4.69, 9.17) is 4.74 Å². The number of fused-ring (bicyclic) bond motifs is 1. The number of imidazole rings is 1. The summed E-state index contributed by atoms with van der Waals surface area (Å²) in [4.78, 5) is 9.05. The molecule has 0 saturated heterocycles. The van der Waals surface area contributed by atoms with E-state index < -0.39 is 0 Å². The van der Waals surface area contributed by atoms with Gasteiger partial charge in [0.25, 0.3) is 0 Å². The van der Waals surface area contributed by atoms with E-state index in [0.717, 1.165) is 38.2 Å². The largest absolute Gasteiger partial charge is 0.497 e. The van der Waals surface area contributed by atoms with E-state index in [-0.39, 0.29) is 6.04 Å². The minimum absolute atomic E-state index is 0.130. The second kappa shape index (κ2) is 7.40. The van der Waals surface area contributed by atoms with E-state index in [1.54, 1.807) is 7.11 Å². The smallest absolute Gasteiger partial charge is 0.135 e. The molecular formula is C21H19BrN4O. The maximum absolute atomic E-state index is 5.42. The maximum Gasteiger partial charge on any atom is 0.135 e. The van der Waals surface area contributed by atoms with Gasteiger partial charge < -0.3 is 14.6 Å². The Bertz CT molecular complexity index is 1090. The van der Waals surface area contributed by atoms with Crippen LogP contribution in [0, 0.1) is 0 Å². The van der Waals surface area contributed by atoms with Gasteiger partial charge in [-0.2, -0.15) is 0 Å². The van der Waals surface area contributed by atoms with Gasteiger partial charge in [-0.05, 0) is 42.0 Å². The van der Waals surface area contributed by atoms with Crippen molar-refractivity contribution in [3.8, 4) is 5.75 Å². The Morgan fingerprint density at radius 2 is 1.96 bits per heavy atom. The number of pyridine rings is 1. The van der Waals surface area contributed by atoms with Crippen LogP contribution in [0.2, 0.25) is 0 Å². The highest BCUT2D eigenvalue weighted by molar-refractivity contribution is 9.10. The predicted octanol–water partition coefficient (Wildman–Crippen LogP) is 4.94. The molecule has 2 aromatic heterocycles. The second-order valence-corrected chi connectivity index (χ2v) is 7.19. The van der Waals surface area contributed by atoms with Crippen LogP contribution in [0.25, 0.3) is 10.9 Å². The van der Waals surface area contributed by atoms with Gasteiger partial charge in [0.15, 0.2) is 0 Å². The summed E-state index contributed by atoms with van der Waals surface area (Å²) in [5, 5.41) is 4.72. The predicted molar refractivity (Wildman–Crippen MR) is 111 cm³/mol. The Morgan fingerprint density at radius 3 is 2.74 bits per heavy atom. The summed E-state index contributed by atoms with van der Waals surface area (Å²) in [6.07, 6.45) is 5.58. The lowest BCUT2D eigenvalue weighted by Gasteiger charge is -2.22. The quantitative estimate of drug-likeness (QED) is 0.494. The van der Waals surface area contributed by atoms with Crippen molar-refractivity contribution in [2.24, 2.45) is 7.05 Å². The Morgan fingerprint density at radius 1 is 1.07 bits per heavy atom. The number of ether oxygens (including phenoxy) is 1. The summed E-state index contributed by atoms with van der Waals surface area (Å²) in [6.45, 7) is 0. The van der Waals surface area contributed by atoms with Gasteiger partial charge in [0, 0.05) is 41.2 Å². The van der Waals surface area contributed by atoms with Crippen LogP contribution in [-0.4, -0.2) is 21.6 Å². The minimum Gasteiger partial charge on any atom is -0.497 e. The summed E-state index contributed by atoms with van der Waals surface area (Å²) in [5.41, 5.74) is 3.01. The first-order chi connectivity index (χ1) is 13.2. The highest BCUT2D eigenvalue weighted by Crippen LogP contribution is 2.31. The molecule has 0 aliphatic carbocycles. The Hall–Kier alpha value is -2.86. The number of aromatic nitrogens is 3. The van der Waals surface area contributed by atoms with Crippen molar-refractivity contribution in [3.05, 3.63) is 83.0 Å². The number of benzene rings is 2. The average molecular weight is 423 g/mol. The van der Waals surface area contributed by atoms with E-state index in [1.165, 1.54) is 0 Å². The molecule has 0 saturated carbocycles. The van der Waals surface area contributed by atoms with E-state index in [2.05, 4.69) is 43.3 Å². The Kier molecular flexibility index (Phi) is 4.81. The van der Waals surface area contributed by atoms with Crippen LogP contribution in [0.4, 0.5) is 5.69 Å². The van der Waals surface area contributed by atoms with Crippen molar-refractivity contribution >= 4 is 32.5 Å². The molecule has 0 radical (unpaired) electrons. The molecule has 0 amide bonds. The summed E-state index contributed by atoms with van der Waals surface area (Å²) in [5.74, 6) is 1.74. The Labute approximate surface area is 166 Å². The van der Waals surface area contributed by atoms with Crippen LogP contribution >= 0.6 is 15.9 Å². The fourth-order valence-corrected chi connectivity index (χ4v) is 3.52. The molecule has 6 heteroatoms. The normalized spacial score (nSPS) is 12.1. The standard InChI is InChI=1S/C21H19BrN4O/c1-26-11-10-24-21(26)20(14-4-3-5-16(12-14)27-2)25-18-8-9-23-19-13-15(22)6-7-17(18)19/h3-13,20H,1-2H3,(H,23,25). The first kappa shape index (κ1) is 17.5. The molecule has 136 valence electrons. The summed E-state index contributed by atoms with van der Waals surface area (Å²) in [6, 6.07) is 16.0. The fraction of sp³-hybridized carbons (Fsp3) is 0.143. The number of methoxy groups -OCH3 is 1. The molecule has 2 aromatic carbocycles. The molecule has 1 N–H and O–H groups in total. The molecule has 0 aliphatic rings. The van der Waals surface area contributed by atoms with Crippen molar-refractivity contribution in [1.29, 1.82) is 0 Å². The number of nitrogens with one attached hydrogen (secondary N) is 1. The van der Waals surface area contributed by atoms with Gasteiger partial charge in [0.2, 0.25) is 0 Å². The third kappa shape index (κ3) is 3.53. The maximum atomic E-state index is 5.42. The van der Waals surface area contributed by atoms with Gasteiger partial charge in [-0.3, -0.25) is 4.98 Å².